The van der Waals surface area contributed by atoms with Crippen molar-refractivity contribution < 1.29 is 19.1 Å². The quantitative estimate of drug-likeness (QED) is 0.308. The second-order valence-electron chi connectivity index (χ2n) is 7.65. The first-order valence-corrected chi connectivity index (χ1v) is 11.9. The van der Waals surface area contributed by atoms with Crippen LogP contribution in [-0.2, 0) is 17.9 Å². The van der Waals surface area contributed by atoms with E-state index in [1.165, 1.54) is 26.0 Å². The Morgan fingerprint density at radius 1 is 1.09 bits per heavy atom. The number of benzene rings is 2. The highest BCUT2D eigenvalue weighted by molar-refractivity contribution is 7.99. The molecule has 184 valence electrons. The van der Waals surface area contributed by atoms with Crippen LogP contribution in [0.1, 0.15) is 27.3 Å². The number of hydrogen-bond donors (Lipinski definition) is 2. The number of aryl methyl sites for hydroxylation is 2. The number of aromatic nitrogens is 3. The lowest BCUT2D eigenvalue weighted by molar-refractivity contribution is -0.113. The molecule has 0 atom stereocenters. The van der Waals surface area contributed by atoms with Crippen LogP contribution in [0.5, 0.6) is 11.5 Å². The summed E-state index contributed by atoms with van der Waals surface area (Å²) in [4.78, 5) is 25.2. The van der Waals surface area contributed by atoms with Crippen LogP contribution in [0, 0.1) is 13.8 Å². The summed E-state index contributed by atoms with van der Waals surface area (Å²) >= 11 is 1.27. The zero-order chi connectivity index (χ0) is 25.4. The average Bonchev–Trinajstić information content (AvgIpc) is 3.24. The maximum absolute atomic E-state index is 12.7. The Balaban J connectivity index is 1.64. The highest BCUT2D eigenvalue weighted by Gasteiger charge is 2.16. The van der Waals surface area contributed by atoms with Gasteiger partial charge in [0.15, 0.2) is 22.5 Å². The molecule has 0 aliphatic heterocycles. The molecule has 0 radical (unpaired) electrons. The highest BCUT2D eigenvalue weighted by atomic mass is 32.2. The Morgan fingerprint density at radius 2 is 1.80 bits per heavy atom. The van der Waals surface area contributed by atoms with Gasteiger partial charge in [-0.3, -0.25) is 9.59 Å². The number of hydrogen-bond acceptors (Lipinski definition) is 7. The Hall–Kier alpha value is -3.79. The first-order chi connectivity index (χ1) is 16.9. The van der Waals surface area contributed by atoms with Crippen molar-refractivity contribution in [1.29, 1.82) is 0 Å². The van der Waals surface area contributed by atoms with Gasteiger partial charge in [-0.2, -0.15) is 0 Å². The lowest BCUT2D eigenvalue weighted by atomic mass is 10.1. The van der Waals surface area contributed by atoms with Gasteiger partial charge < -0.3 is 24.7 Å². The number of ether oxygens (including phenoxy) is 2. The van der Waals surface area contributed by atoms with Crippen LogP contribution in [0.2, 0.25) is 0 Å². The summed E-state index contributed by atoms with van der Waals surface area (Å²) in [6.07, 6.45) is 1.71. The Labute approximate surface area is 208 Å². The van der Waals surface area contributed by atoms with Gasteiger partial charge in [-0.15, -0.1) is 16.8 Å². The summed E-state index contributed by atoms with van der Waals surface area (Å²) in [7, 11) is 3.05. The third-order valence-corrected chi connectivity index (χ3v) is 6.20. The number of nitrogens with zero attached hydrogens (tertiary/aromatic N) is 3. The van der Waals surface area contributed by atoms with Gasteiger partial charge in [0, 0.05) is 17.8 Å². The van der Waals surface area contributed by atoms with E-state index in [-0.39, 0.29) is 24.1 Å². The van der Waals surface area contributed by atoms with Crippen molar-refractivity contribution in [2.45, 2.75) is 32.1 Å². The molecule has 0 aliphatic rings. The molecule has 2 amide bonds. The maximum atomic E-state index is 12.7. The molecular formula is C25H29N5O4S. The molecule has 0 bridgehead atoms. The monoisotopic (exact) mass is 495 g/mol. The number of anilines is 1. The van der Waals surface area contributed by atoms with Crippen LogP contribution in [0.3, 0.4) is 0 Å². The van der Waals surface area contributed by atoms with Gasteiger partial charge in [0.25, 0.3) is 5.91 Å². The molecule has 0 aliphatic carbocycles. The lowest BCUT2D eigenvalue weighted by Gasteiger charge is -2.12. The number of carbonyl (C=O) groups is 2. The molecule has 1 heterocycles. The average molecular weight is 496 g/mol. The van der Waals surface area contributed by atoms with Gasteiger partial charge in [0.05, 0.1) is 26.5 Å². The molecule has 0 saturated carbocycles. The number of thioether (sulfide) groups is 1. The van der Waals surface area contributed by atoms with Crippen molar-refractivity contribution in [3.63, 3.8) is 0 Å². The van der Waals surface area contributed by atoms with E-state index in [2.05, 4.69) is 27.4 Å². The van der Waals surface area contributed by atoms with Crippen LogP contribution in [0.25, 0.3) is 0 Å². The minimum atomic E-state index is -0.290. The fraction of sp³-hybridized carbons (Fsp3) is 0.280. The van der Waals surface area contributed by atoms with E-state index in [1.54, 1.807) is 24.3 Å². The molecule has 0 fully saturated rings. The maximum Gasteiger partial charge on any atom is 0.251 e. The van der Waals surface area contributed by atoms with E-state index in [0.717, 1.165) is 16.8 Å². The third kappa shape index (κ3) is 6.42. The summed E-state index contributed by atoms with van der Waals surface area (Å²) < 4.78 is 12.3. The van der Waals surface area contributed by atoms with E-state index >= 15 is 0 Å². The topological polar surface area (TPSA) is 107 Å². The number of nitrogens with one attached hydrogen (secondary N) is 2. The first-order valence-electron chi connectivity index (χ1n) is 10.9. The molecule has 9 nitrogen and oxygen atoms in total. The van der Waals surface area contributed by atoms with Crippen molar-refractivity contribution in [3.05, 3.63) is 71.6 Å². The molecule has 10 heteroatoms. The van der Waals surface area contributed by atoms with Crippen LogP contribution >= 0.6 is 11.8 Å². The predicted molar refractivity (Wildman–Crippen MR) is 136 cm³/mol. The van der Waals surface area contributed by atoms with Crippen LogP contribution in [-0.4, -0.2) is 46.6 Å². The molecule has 0 spiro atoms. The highest BCUT2D eigenvalue weighted by Crippen LogP contribution is 2.27. The van der Waals surface area contributed by atoms with Gasteiger partial charge in [-0.1, -0.05) is 36.0 Å². The fourth-order valence-electron chi connectivity index (χ4n) is 3.43. The molecule has 2 N–H and O–H groups in total. The third-order valence-electron chi connectivity index (χ3n) is 5.24. The Morgan fingerprint density at radius 3 is 2.46 bits per heavy atom. The largest absolute Gasteiger partial charge is 0.493 e. The Bertz CT molecular complexity index is 1200. The second kappa shape index (κ2) is 12.1. The van der Waals surface area contributed by atoms with Crippen LogP contribution < -0.4 is 20.1 Å². The molecule has 0 unspecified atom stereocenters. The minimum absolute atomic E-state index is 0.135. The molecule has 35 heavy (non-hydrogen) atoms. The fourth-order valence-corrected chi connectivity index (χ4v) is 4.19. The van der Waals surface area contributed by atoms with Crippen molar-refractivity contribution in [2.75, 3.05) is 25.3 Å². The second-order valence-corrected chi connectivity index (χ2v) is 8.60. The smallest absolute Gasteiger partial charge is 0.251 e. The number of rotatable bonds is 11. The molecule has 2 aromatic carbocycles. The van der Waals surface area contributed by atoms with Crippen molar-refractivity contribution in [1.82, 2.24) is 20.1 Å². The van der Waals surface area contributed by atoms with E-state index in [9.17, 15) is 9.59 Å². The van der Waals surface area contributed by atoms with Gasteiger partial charge >= 0.3 is 0 Å². The van der Waals surface area contributed by atoms with Gasteiger partial charge in [-0.25, -0.2) is 0 Å². The number of allylic oxidation sites excluding steroid dienone is 1. The van der Waals surface area contributed by atoms with Crippen molar-refractivity contribution in [2.24, 2.45) is 0 Å². The van der Waals surface area contributed by atoms with E-state index < -0.39 is 0 Å². The van der Waals surface area contributed by atoms with Crippen LogP contribution in [0.4, 0.5) is 5.69 Å². The SMILES string of the molecule is C=CCn1c(CNC(=O)c2ccc(OC)c(OC)c2)nnc1SCC(=O)Nc1c(C)cccc1C. The number of carbonyl (C=O) groups excluding carboxylic acids is 2. The van der Waals surface area contributed by atoms with Crippen LogP contribution in [0.15, 0.2) is 54.2 Å². The zero-order valence-corrected chi connectivity index (χ0v) is 21.1. The van der Waals surface area contributed by atoms with Gasteiger partial charge in [-0.05, 0) is 43.2 Å². The molecule has 1 aromatic heterocycles. The standard InChI is InChI=1S/C25H29N5O4S/c1-6-12-30-21(14-26-24(32)18-10-11-19(33-4)20(13-18)34-5)28-29-25(30)35-15-22(31)27-23-16(2)8-7-9-17(23)3/h6-11,13H,1,12,14-15H2,2-5H3,(H,26,32)(H,27,31). The van der Waals surface area contributed by atoms with Crippen molar-refractivity contribution >= 4 is 29.3 Å². The number of para-hydroxylation sites is 1. The predicted octanol–water partition coefficient (Wildman–Crippen LogP) is 3.76. The first kappa shape index (κ1) is 25.8. The summed E-state index contributed by atoms with van der Waals surface area (Å²) in [5, 5.41) is 14.8. The lowest BCUT2D eigenvalue weighted by Crippen LogP contribution is -2.25. The molecule has 3 aromatic rings. The molecular weight excluding hydrogens is 466 g/mol. The van der Waals surface area contributed by atoms with Gasteiger partial charge in [0.2, 0.25) is 5.91 Å². The van der Waals surface area contributed by atoms with E-state index in [0.29, 0.717) is 34.6 Å². The number of amides is 2. The summed E-state index contributed by atoms with van der Waals surface area (Å²) in [5.41, 5.74) is 3.26. The van der Waals surface area contributed by atoms with E-state index in [4.69, 9.17) is 9.47 Å². The normalized spacial score (nSPS) is 10.5. The summed E-state index contributed by atoms with van der Waals surface area (Å²) in [5.74, 6) is 1.30. The molecule has 3 rings (SSSR count). The number of methoxy groups -OCH3 is 2. The zero-order valence-electron chi connectivity index (χ0n) is 20.3. The summed E-state index contributed by atoms with van der Waals surface area (Å²) in [6, 6.07) is 10.8. The molecule has 0 saturated heterocycles. The van der Waals surface area contributed by atoms with E-state index in [1.807, 2.05) is 36.6 Å². The minimum Gasteiger partial charge on any atom is -0.493 e. The Kier molecular flexibility index (Phi) is 8.91. The van der Waals surface area contributed by atoms with Gasteiger partial charge in [0.1, 0.15) is 0 Å². The van der Waals surface area contributed by atoms with Crippen molar-refractivity contribution in [3.8, 4) is 11.5 Å². The summed E-state index contributed by atoms with van der Waals surface area (Å²) in [6.45, 7) is 8.30.